The van der Waals surface area contributed by atoms with Crippen LogP contribution in [0.1, 0.15) is 17.3 Å². The van der Waals surface area contributed by atoms with Gasteiger partial charge in [-0.05, 0) is 37.3 Å². The molecule has 1 amide bonds. The van der Waals surface area contributed by atoms with Crippen molar-refractivity contribution in [2.24, 2.45) is 0 Å². The van der Waals surface area contributed by atoms with Crippen molar-refractivity contribution in [2.75, 3.05) is 17.7 Å². The second-order valence-electron chi connectivity index (χ2n) is 4.24. The van der Waals surface area contributed by atoms with Crippen molar-refractivity contribution < 1.29 is 13.9 Å². The van der Waals surface area contributed by atoms with Gasteiger partial charge >= 0.3 is 0 Å². The van der Waals surface area contributed by atoms with Gasteiger partial charge in [0.1, 0.15) is 5.82 Å². The first-order valence-electron chi connectivity index (χ1n) is 6.30. The summed E-state index contributed by atoms with van der Waals surface area (Å²) in [5.74, 6) is -0.632. The molecule has 0 heterocycles. The number of rotatable bonds is 4. The van der Waals surface area contributed by atoms with Crippen LogP contribution in [0.25, 0.3) is 0 Å². The van der Waals surface area contributed by atoms with E-state index in [-0.39, 0.29) is 5.02 Å². The Bertz CT molecular complexity index is 677. The van der Waals surface area contributed by atoms with Crippen molar-refractivity contribution >= 4 is 28.9 Å². The quantitative estimate of drug-likeness (QED) is 0.846. The van der Waals surface area contributed by atoms with Crippen LogP contribution in [-0.4, -0.2) is 12.5 Å². The van der Waals surface area contributed by atoms with Crippen LogP contribution < -0.4 is 15.8 Å². The maximum Gasteiger partial charge on any atom is 0.259 e. The Morgan fingerprint density at radius 3 is 2.81 bits per heavy atom. The molecule has 0 bridgehead atoms. The zero-order valence-electron chi connectivity index (χ0n) is 11.3. The van der Waals surface area contributed by atoms with Crippen LogP contribution in [0, 0.1) is 5.82 Å². The van der Waals surface area contributed by atoms with Gasteiger partial charge in [-0.3, -0.25) is 4.79 Å². The minimum Gasteiger partial charge on any atom is -0.491 e. The highest BCUT2D eigenvalue weighted by molar-refractivity contribution is 6.31. The summed E-state index contributed by atoms with van der Waals surface area (Å²) < 4.78 is 18.5. The van der Waals surface area contributed by atoms with Gasteiger partial charge in [0, 0.05) is 5.69 Å². The van der Waals surface area contributed by atoms with Crippen LogP contribution in [0.3, 0.4) is 0 Å². The summed E-state index contributed by atoms with van der Waals surface area (Å²) in [5.41, 5.74) is 6.87. The van der Waals surface area contributed by atoms with Crippen molar-refractivity contribution in [3.63, 3.8) is 0 Å². The van der Waals surface area contributed by atoms with E-state index in [4.69, 9.17) is 22.1 Å². The first kappa shape index (κ1) is 15.1. The molecule has 0 unspecified atom stereocenters. The Morgan fingerprint density at radius 1 is 1.38 bits per heavy atom. The Labute approximate surface area is 126 Å². The lowest BCUT2D eigenvalue weighted by atomic mass is 10.1. The van der Waals surface area contributed by atoms with E-state index in [0.717, 1.165) is 0 Å². The minimum atomic E-state index is -0.548. The first-order valence-corrected chi connectivity index (χ1v) is 6.68. The van der Waals surface area contributed by atoms with E-state index in [1.165, 1.54) is 18.2 Å². The number of nitrogens with two attached hydrogens (primary N) is 1. The van der Waals surface area contributed by atoms with Crippen LogP contribution in [0.2, 0.25) is 5.02 Å². The largest absolute Gasteiger partial charge is 0.491 e. The zero-order valence-corrected chi connectivity index (χ0v) is 12.1. The van der Waals surface area contributed by atoms with E-state index in [1.807, 2.05) is 0 Å². The second-order valence-corrected chi connectivity index (χ2v) is 4.65. The molecular formula is C15H14ClFN2O2. The molecule has 0 fully saturated rings. The van der Waals surface area contributed by atoms with E-state index in [2.05, 4.69) is 5.32 Å². The monoisotopic (exact) mass is 308 g/mol. The Hall–Kier alpha value is -2.27. The van der Waals surface area contributed by atoms with Gasteiger partial charge in [-0.25, -0.2) is 4.39 Å². The molecule has 0 aliphatic heterocycles. The summed E-state index contributed by atoms with van der Waals surface area (Å²) in [6.07, 6.45) is 0. The smallest absolute Gasteiger partial charge is 0.259 e. The van der Waals surface area contributed by atoms with Gasteiger partial charge in [-0.2, -0.15) is 0 Å². The lowest BCUT2D eigenvalue weighted by Crippen LogP contribution is -2.14. The fraction of sp³-hybridized carbons (Fsp3) is 0.133. The van der Waals surface area contributed by atoms with Gasteiger partial charge in [-0.1, -0.05) is 17.7 Å². The van der Waals surface area contributed by atoms with E-state index >= 15 is 0 Å². The van der Waals surface area contributed by atoms with Crippen LogP contribution >= 0.6 is 11.6 Å². The first-order chi connectivity index (χ1) is 10.0. The van der Waals surface area contributed by atoms with Gasteiger partial charge in [0.05, 0.1) is 22.9 Å². The molecule has 4 nitrogen and oxygen atoms in total. The Morgan fingerprint density at radius 2 is 2.14 bits per heavy atom. The molecule has 0 spiro atoms. The minimum absolute atomic E-state index is 0.0644. The molecule has 6 heteroatoms. The third kappa shape index (κ3) is 3.44. The van der Waals surface area contributed by atoms with Crippen LogP contribution in [-0.2, 0) is 0 Å². The number of carbonyl (C=O) groups is 1. The fourth-order valence-corrected chi connectivity index (χ4v) is 1.99. The number of benzene rings is 2. The maximum atomic E-state index is 13.1. The number of anilines is 2. The van der Waals surface area contributed by atoms with Gasteiger partial charge < -0.3 is 15.8 Å². The molecule has 0 aliphatic carbocycles. The molecule has 3 N–H and O–H groups in total. The van der Waals surface area contributed by atoms with E-state index in [0.29, 0.717) is 29.3 Å². The average Bonchev–Trinajstić information content (AvgIpc) is 2.45. The molecule has 0 radical (unpaired) electrons. The Kier molecular flexibility index (Phi) is 4.65. The summed E-state index contributed by atoms with van der Waals surface area (Å²) in [6, 6.07) is 8.84. The molecule has 0 saturated carbocycles. The highest BCUT2D eigenvalue weighted by Gasteiger charge is 2.15. The third-order valence-corrected chi connectivity index (χ3v) is 3.05. The molecule has 0 atom stereocenters. The number of hydrogen-bond donors (Lipinski definition) is 2. The number of nitrogens with one attached hydrogen (secondary N) is 1. The molecule has 2 aromatic rings. The molecule has 110 valence electrons. The van der Waals surface area contributed by atoms with Gasteiger partial charge in [-0.15, -0.1) is 0 Å². The summed E-state index contributed by atoms with van der Waals surface area (Å²) in [6.45, 7) is 2.19. The highest BCUT2D eigenvalue weighted by atomic mass is 35.5. The number of halogens is 2. The predicted molar refractivity (Wildman–Crippen MR) is 81.4 cm³/mol. The fourth-order valence-electron chi connectivity index (χ4n) is 1.81. The molecule has 21 heavy (non-hydrogen) atoms. The highest BCUT2D eigenvalue weighted by Crippen LogP contribution is 2.27. The number of ether oxygens (including phenoxy) is 1. The number of hydrogen-bond acceptors (Lipinski definition) is 3. The van der Waals surface area contributed by atoms with Gasteiger partial charge in [0.2, 0.25) is 0 Å². The van der Waals surface area contributed by atoms with E-state index in [1.54, 1.807) is 25.1 Å². The van der Waals surface area contributed by atoms with Crippen molar-refractivity contribution in [1.82, 2.24) is 0 Å². The second kappa shape index (κ2) is 6.45. The van der Waals surface area contributed by atoms with E-state index in [9.17, 15) is 9.18 Å². The third-order valence-electron chi connectivity index (χ3n) is 2.76. The van der Waals surface area contributed by atoms with Gasteiger partial charge in [0.15, 0.2) is 5.75 Å². The SMILES string of the molecule is CCOc1c(N)cccc1C(=O)Nc1ccc(F)c(Cl)c1. The summed E-state index contributed by atoms with van der Waals surface area (Å²) >= 11 is 5.68. The maximum absolute atomic E-state index is 13.1. The van der Waals surface area contributed by atoms with Crippen molar-refractivity contribution in [3.8, 4) is 5.75 Å². The van der Waals surface area contributed by atoms with E-state index < -0.39 is 11.7 Å². The number of amides is 1. The Balaban J connectivity index is 2.28. The van der Waals surface area contributed by atoms with Crippen LogP contribution in [0.15, 0.2) is 36.4 Å². The van der Waals surface area contributed by atoms with Crippen molar-refractivity contribution in [2.45, 2.75) is 6.92 Å². The van der Waals surface area contributed by atoms with Crippen LogP contribution in [0.5, 0.6) is 5.75 Å². The zero-order chi connectivity index (χ0) is 15.4. The number of carbonyl (C=O) groups excluding carboxylic acids is 1. The number of nitrogen functional groups attached to an aromatic ring is 1. The molecule has 0 aliphatic rings. The van der Waals surface area contributed by atoms with Crippen molar-refractivity contribution in [1.29, 1.82) is 0 Å². The lowest BCUT2D eigenvalue weighted by molar-refractivity contribution is 0.102. The predicted octanol–water partition coefficient (Wildman–Crippen LogP) is 3.71. The molecular weight excluding hydrogens is 295 g/mol. The molecule has 0 aromatic heterocycles. The normalized spacial score (nSPS) is 10.2. The van der Waals surface area contributed by atoms with Crippen molar-refractivity contribution in [3.05, 3.63) is 52.8 Å². The van der Waals surface area contributed by atoms with Gasteiger partial charge in [0.25, 0.3) is 5.91 Å². The van der Waals surface area contributed by atoms with Crippen LogP contribution in [0.4, 0.5) is 15.8 Å². The summed E-state index contributed by atoms with van der Waals surface area (Å²) in [7, 11) is 0. The molecule has 2 aromatic carbocycles. The standard InChI is InChI=1S/C15H14ClFN2O2/c1-2-21-14-10(4-3-5-13(14)18)15(20)19-9-6-7-12(17)11(16)8-9/h3-8H,2,18H2,1H3,(H,19,20). The number of para-hydroxylation sites is 1. The molecule has 2 rings (SSSR count). The molecule has 0 saturated heterocycles. The summed E-state index contributed by atoms with van der Waals surface area (Å²) in [4.78, 5) is 12.3. The summed E-state index contributed by atoms with van der Waals surface area (Å²) in [5, 5.41) is 2.56. The topological polar surface area (TPSA) is 64.3 Å². The average molecular weight is 309 g/mol. The lowest BCUT2D eigenvalue weighted by Gasteiger charge is -2.12.